The SMILES string of the molecule is Cc1cnn(CCC(=O)Nc2nnc(-c3ccccn3)[nH]2)c1. The molecule has 0 radical (unpaired) electrons. The van der Waals surface area contributed by atoms with Crippen molar-refractivity contribution in [2.75, 3.05) is 5.32 Å². The Bertz CT molecular complexity index is 762. The lowest BCUT2D eigenvalue weighted by molar-refractivity contribution is -0.116. The van der Waals surface area contributed by atoms with Gasteiger partial charge in [-0.05, 0) is 24.6 Å². The van der Waals surface area contributed by atoms with Gasteiger partial charge in [-0.25, -0.2) is 0 Å². The summed E-state index contributed by atoms with van der Waals surface area (Å²) < 4.78 is 1.73. The highest BCUT2D eigenvalue weighted by atomic mass is 16.1. The molecular formula is C14H15N7O. The highest BCUT2D eigenvalue weighted by Crippen LogP contribution is 2.12. The minimum atomic E-state index is -0.156. The minimum Gasteiger partial charge on any atom is -0.306 e. The van der Waals surface area contributed by atoms with Gasteiger partial charge in [0, 0.05) is 25.4 Å². The maximum absolute atomic E-state index is 11.9. The van der Waals surface area contributed by atoms with Gasteiger partial charge in [-0.1, -0.05) is 6.07 Å². The second kappa shape index (κ2) is 6.17. The molecule has 8 heteroatoms. The average Bonchev–Trinajstić information content (AvgIpc) is 3.15. The normalized spacial score (nSPS) is 10.6. The lowest BCUT2D eigenvalue weighted by Gasteiger charge is -2.01. The molecule has 1 amide bonds. The smallest absolute Gasteiger partial charge is 0.228 e. The van der Waals surface area contributed by atoms with E-state index in [2.05, 4.69) is 30.6 Å². The molecule has 3 aromatic heterocycles. The Hall–Kier alpha value is -3.03. The lowest BCUT2D eigenvalue weighted by Crippen LogP contribution is -2.15. The molecule has 0 aliphatic rings. The summed E-state index contributed by atoms with van der Waals surface area (Å²) in [6, 6.07) is 5.49. The van der Waals surface area contributed by atoms with Crippen LogP contribution in [0.5, 0.6) is 0 Å². The topological polar surface area (TPSA) is 101 Å². The molecule has 0 aromatic carbocycles. The fraction of sp³-hybridized carbons (Fsp3) is 0.214. The number of carbonyl (C=O) groups is 1. The van der Waals surface area contributed by atoms with E-state index in [0.717, 1.165) is 5.56 Å². The molecule has 2 N–H and O–H groups in total. The first-order chi connectivity index (χ1) is 10.7. The number of aryl methyl sites for hydroxylation is 2. The Morgan fingerprint density at radius 1 is 1.36 bits per heavy atom. The standard InChI is InChI=1S/C14H15N7O/c1-10-8-16-21(9-10)7-5-12(22)17-14-18-13(19-20-14)11-4-2-3-6-15-11/h2-4,6,8-9H,5,7H2,1H3,(H2,17,18,19,20,22). The molecule has 0 bridgehead atoms. The Labute approximate surface area is 126 Å². The third-order valence-electron chi connectivity index (χ3n) is 2.98. The van der Waals surface area contributed by atoms with E-state index in [4.69, 9.17) is 0 Å². The van der Waals surface area contributed by atoms with E-state index < -0.39 is 0 Å². The average molecular weight is 297 g/mol. The van der Waals surface area contributed by atoms with Crippen LogP contribution in [0.15, 0.2) is 36.8 Å². The number of carbonyl (C=O) groups excluding carboxylic acids is 1. The number of amides is 1. The van der Waals surface area contributed by atoms with Crippen LogP contribution in [0.2, 0.25) is 0 Å². The van der Waals surface area contributed by atoms with Crippen molar-refractivity contribution in [2.24, 2.45) is 0 Å². The third-order valence-corrected chi connectivity index (χ3v) is 2.98. The summed E-state index contributed by atoms with van der Waals surface area (Å²) in [6.07, 6.45) is 5.62. The summed E-state index contributed by atoms with van der Waals surface area (Å²) in [6.45, 7) is 2.47. The molecule has 0 fully saturated rings. The van der Waals surface area contributed by atoms with Crippen molar-refractivity contribution in [1.82, 2.24) is 29.9 Å². The Kier molecular flexibility index (Phi) is 3.90. The summed E-state index contributed by atoms with van der Waals surface area (Å²) >= 11 is 0. The highest BCUT2D eigenvalue weighted by molar-refractivity contribution is 5.88. The number of rotatable bonds is 5. The number of nitrogens with one attached hydrogen (secondary N) is 2. The Balaban J connectivity index is 1.57. The highest BCUT2D eigenvalue weighted by Gasteiger charge is 2.09. The molecule has 0 aliphatic heterocycles. The van der Waals surface area contributed by atoms with Gasteiger partial charge in [0.05, 0.1) is 6.20 Å². The van der Waals surface area contributed by atoms with Crippen LogP contribution >= 0.6 is 0 Å². The number of aromatic nitrogens is 6. The van der Waals surface area contributed by atoms with E-state index in [1.165, 1.54) is 0 Å². The zero-order valence-corrected chi connectivity index (χ0v) is 12.0. The summed E-state index contributed by atoms with van der Waals surface area (Å²) in [5, 5.41) is 14.7. The molecule has 8 nitrogen and oxygen atoms in total. The molecule has 0 aliphatic carbocycles. The fourth-order valence-electron chi connectivity index (χ4n) is 1.94. The van der Waals surface area contributed by atoms with Crippen LogP contribution in [0.1, 0.15) is 12.0 Å². The maximum atomic E-state index is 11.9. The van der Waals surface area contributed by atoms with Gasteiger partial charge in [-0.2, -0.15) is 5.10 Å². The van der Waals surface area contributed by atoms with Crippen molar-refractivity contribution in [2.45, 2.75) is 19.9 Å². The van der Waals surface area contributed by atoms with Crippen molar-refractivity contribution in [3.63, 3.8) is 0 Å². The van der Waals surface area contributed by atoms with Gasteiger partial charge < -0.3 is 4.98 Å². The first kappa shape index (κ1) is 13.9. The zero-order chi connectivity index (χ0) is 15.4. The van der Waals surface area contributed by atoms with Crippen LogP contribution in [0.25, 0.3) is 11.5 Å². The quantitative estimate of drug-likeness (QED) is 0.741. The van der Waals surface area contributed by atoms with Crippen molar-refractivity contribution < 1.29 is 4.79 Å². The summed E-state index contributed by atoms with van der Waals surface area (Å²) in [4.78, 5) is 19.0. The molecule has 0 atom stereocenters. The molecular weight excluding hydrogens is 282 g/mol. The van der Waals surface area contributed by atoms with Gasteiger partial charge in [0.25, 0.3) is 0 Å². The van der Waals surface area contributed by atoms with Crippen molar-refractivity contribution in [3.8, 4) is 11.5 Å². The van der Waals surface area contributed by atoms with Gasteiger partial charge >= 0.3 is 0 Å². The van der Waals surface area contributed by atoms with Gasteiger partial charge in [-0.15, -0.1) is 10.2 Å². The van der Waals surface area contributed by atoms with E-state index in [1.807, 2.05) is 31.3 Å². The van der Waals surface area contributed by atoms with Crippen LogP contribution in [0.4, 0.5) is 5.95 Å². The first-order valence-corrected chi connectivity index (χ1v) is 6.84. The van der Waals surface area contributed by atoms with E-state index in [1.54, 1.807) is 17.1 Å². The van der Waals surface area contributed by atoms with Crippen LogP contribution in [0.3, 0.4) is 0 Å². The number of pyridine rings is 1. The molecule has 0 unspecified atom stereocenters. The largest absolute Gasteiger partial charge is 0.306 e. The predicted molar refractivity (Wildman–Crippen MR) is 79.8 cm³/mol. The molecule has 112 valence electrons. The van der Waals surface area contributed by atoms with Crippen molar-refractivity contribution in [1.29, 1.82) is 0 Å². The molecule has 3 rings (SSSR count). The van der Waals surface area contributed by atoms with E-state index >= 15 is 0 Å². The van der Waals surface area contributed by atoms with Crippen molar-refractivity contribution >= 4 is 11.9 Å². The number of hydrogen-bond donors (Lipinski definition) is 2. The number of aromatic amines is 1. The van der Waals surface area contributed by atoms with Crippen molar-refractivity contribution in [3.05, 3.63) is 42.4 Å². The fourth-order valence-corrected chi connectivity index (χ4v) is 1.94. The van der Waals surface area contributed by atoms with Crippen LogP contribution in [-0.4, -0.2) is 35.9 Å². The van der Waals surface area contributed by atoms with Gasteiger partial charge in [0.2, 0.25) is 11.9 Å². The predicted octanol–water partition coefficient (Wildman–Crippen LogP) is 1.40. The molecule has 3 heterocycles. The second-order valence-electron chi connectivity index (χ2n) is 4.82. The molecule has 0 spiro atoms. The third kappa shape index (κ3) is 3.35. The van der Waals surface area contributed by atoms with Crippen LogP contribution < -0.4 is 5.32 Å². The Morgan fingerprint density at radius 2 is 2.27 bits per heavy atom. The number of anilines is 1. The molecule has 22 heavy (non-hydrogen) atoms. The van der Waals surface area contributed by atoms with Crippen LogP contribution in [-0.2, 0) is 11.3 Å². The van der Waals surface area contributed by atoms with Gasteiger partial charge in [0.15, 0.2) is 5.82 Å². The van der Waals surface area contributed by atoms with E-state index in [0.29, 0.717) is 30.4 Å². The van der Waals surface area contributed by atoms with E-state index in [9.17, 15) is 4.79 Å². The molecule has 0 saturated heterocycles. The maximum Gasteiger partial charge on any atom is 0.228 e. The van der Waals surface area contributed by atoms with Gasteiger partial charge in [-0.3, -0.25) is 19.8 Å². The summed E-state index contributed by atoms with van der Waals surface area (Å²) in [5.74, 6) is 0.665. The molecule has 3 aromatic rings. The zero-order valence-electron chi connectivity index (χ0n) is 12.0. The summed E-state index contributed by atoms with van der Waals surface area (Å²) in [7, 11) is 0. The number of nitrogens with zero attached hydrogens (tertiary/aromatic N) is 5. The molecule has 0 saturated carbocycles. The number of H-pyrrole nitrogens is 1. The number of hydrogen-bond acceptors (Lipinski definition) is 5. The lowest BCUT2D eigenvalue weighted by atomic mass is 10.3. The first-order valence-electron chi connectivity index (χ1n) is 6.84. The van der Waals surface area contributed by atoms with E-state index in [-0.39, 0.29) is 5.91 Å². The summed E-state index contributed by atoms with van der Waals surface area (Å²) in [5.41, 5.74) is 1.73. The monoisotopic (exact) mass is 297 g/mol. The van der Waals surface area contributed by atoms with Crippen LogP contribution in [0, 0.1) is 6.92 Å². The minimum absolute atomic E-state index is 0.156. The second-order valence-corrected chi connectivity index (χ2v) is 4.82. The Morgan fingerprint density at radius 3 is 3.00 bits per heavy atom. The van der Waals surface area contributed by atoms with Gasteiger partial charge in [0.1, 0.15) is 5.69 Å².